The lowest BCUT2D eigenvalue weighted by Gasteiger charge is -2.36. The molecule has 4 rings (SSSR count). The second kappa shape index (κ2) is 8.58. The summed E-state index contributed by atoms with van der Waals surface area (Å²) in [6.07, 6.45) is 0.632. The summed E-state index contributed by atoms with van der Waals surface area (Å²) in [4.78, 5) is 30.8. The largest absolute Gasteiger partial charge is 0.369 e. The zero-order valence-corrected chi connectivity index (χ0v) is 18.4. The molecule has 1 saturated heterocycles. The summed E-state index contributed by atoms with van der Waals surface area (Å²) in [7, 11) is -4.09. The summed E-state index contributed by atoms with van der Waals surface area (Å²) in [5.41, 5.74) is 1.35. The molecule has 2 aliphatic rings. The SMILES string of the molecule is NS(=O)(=O)c1cc2c(cc1Cl)C(=O)N(CCCN1CCN(c3ccccc3)CC1)C2=O. The molecule has 0 bridgehead atoms. The van der Waals surface area contributed by atoms with Gasteiger partial charge in [0.15, 0.2) is 0 Å². The van der Waals surface area contributed by atoms with Crippen LogP contribution in [0.4, 0.5) is 5.69 Å². The predicted octanol–water partition coefficient (Wildman–Crippen LogP) is 1.80. The van der Waals surface area contributed by atoms with Gasteiger partial charge in [0.1, 0.15) is 4.90 Å². The Bertz CT molecular complexity index is 1120. The lowest BCUT2D eigenvalue weighted by molar-refractivity contribution is 0.0647. The number of amides is 2. The van der Waals surface area contributed by atoms with Gasteiger partial charge in [-0.2, -0.15) is 0 Å². The molecule has 2 heterocycles. The number of carbonyl (C=O) groups excluding carboxylic acids is 2. The molecule has 31 heavy (non-hydrogen) atoms. The zero-order valence-electron chi connectivity index (χ0n) is 16.8. The van der Waals surface area contributed by atoms with Crippen LogP contribution in [0, 0.1) is 0 Å². The standard InChI is InChI=1S/C21H23ClN4O4S/c22-18-13-16-17(14-19(18)31(23,29)30)21(28)26(20(16)27)8-4-7-24-9-11-25(12-10-24)15-5-2-1-3-6-15/h1-3,5-6,13-14H,4,7-12H2,(H2,23,29,30). The average molecular weight is 463 g/mol. The summed E-state index contributed by atoms with van der Waals surface area (Å²) >= 11 is 5.96. The Morgan fingerprint density at radius 2 is 1.52 bits per heavy atom. The third-order valence-corrected chi connectivity index (χ3v) is 7.05. The molecule has 0 spiro atoms. The second-order valence-electron chi connectivity index (χ2n) is 7.65. The van der Waals surface area contributed by atoms with E-state index in [2.05, 4.69) is 21.9 Å². The second-order valence-corrected chi connectivity index (χ2v) is 9.59. The van der Waals surface area contributed by atoms with Crippen molar-refractivity contribution < 1.29 is 18.0 Å². The van der Waals surface area contributed by atoms with Crippen LogP contribution < -0.4 is 10.0 Å². The smallest absolute Gasteiger partial charge is 0.261 e. The molecule has 0 radical (unpaired) electrons. The van der Waals surface area contributed by atoms with E-state index in [0.717, 1.165) is 43.7 Å². The molecule has 0 saturated carbocycles. The first-order chi connectivity index (χ1) is 14.8. The highest BCUT2D eigenvalue weighted by molar-refractivity contribution is 7.89. The van der Waals surface area contributed by atoms with Gasteiger partial charge in [0.2, 0.25) is 10.0 Å². The molecule has 2 N–H and O–H groups in total. The van der Waals surface area contributed by atoms with Crippen molar-refractivity contribution in [2.45, 2.75) is 11.3 Å². The molecule has 2 aromatic rings. The van der Waals surface area contributed by atoms with E-state index in [1.165, 1.54) is 11.8 Å². The number of hydrogen-bond donors (Lipinski definition) is 1. The molecule has 0 aliphatic carbocycles. The van der Waals surface area contributed by atoms with E-state index in [-0.39, 0.29) is 27.6 Å². The van der Waals surface area contributed by atoms with E-state index in [0.29, 0.717) is 6.42 Å². The van der Waals surface area contributed by atoms with E-state index >= 15 is 0 Å². The predicted molar refractivity (Wildman–Crippen MR) is 118 cm³/mol. The number of benzene rings is 2. The number of halogens is 1. The molecule has 164 valence electrons. The molecule has 0 atom stereocenters. The average Bonchev–Trinajstić information content (AvgIpc) is 2.97. The van der Waals surface area contributed by atoms with Crippen molar-refractivity contribution in [2.75, 3.05) is 44.2 Å². The van der Waals surface area contributed by atoms with Crippen molar-refractivity contribution in [1.29, 1.82) is 0 Å². The van der Waals surface area contributed by atoms with Gasteiger partial charge in [-0.05, 0) is 37.2 Å². The Morgan fingerprint density at radius 3 is 2.13 bits per heavy atom. The highest BCUT2D eigenvalue weighted by Crippen LogP contribution is 2.31. The number of sulfonamides is 1. The van der Waals surface area contributed by atoms with E-state index in [1.807, 2.05) is 18.2 Å². The fraction of sp³-hybridized carbons (Fsp3) is 0.333. The summed E-state index contributed by atoms with van der Waals surface area (Å²) in [5, 5.41) is 4.98. The molecule has 0 unspecified atom stereocenters. The van der Waals surface area contributed by atoms with Crippen LogP contribution >= 0.6 is 11.6 Å². The topological polar surface area (TPSA) is 104 Å². The van der Waals surface area contributed by atoms with E-state index in [1.54, 1.807) is 0 Å². The van der Waals surface area contributed by atoms with E-state index < -0.39 is 21.8 Å². The molecular formula is C21H23ClN4O4S. The number of primary sulfonamides is 1. The van der Waals surface area contributed by atoms with Crippen LogP contribution in [0.25, 0.3) is 0 Å². The number of nitrogens with zero attached hydrogens (tertiary/aromatic N) is 3. The van der Waals surface area contributed by atoms with E-state index in [4.69, 9.17) is 16.7 Å². The zero-order chi connectivity index (χ0) is 22.2. The molecule has 2 amide bonds. The van der Waals surface area contributed by atoms with Crippen LogP contribution in [0.1, 0.15) is 27.1 Å². The minimum absolute atomic E-state index is 0.0231. The lowest BCUT2D eigenvalue weighted by Crippen LogP contribution is -2.47. The molecule has 1 fully saturated rings. The Morgan fingerprint density at radius 1 is 0.903 bits per heavy atom. The number of hydrogen-bond acceptors (Lipinski definition) is 6. The van der Waals surface area contributed by atoms with Crippen LogP contribution in [0.3, 0.4) is 0 Å². The first-order valence-corrected chi connectivity index (χ1v) is 11.9. The van der Waals surface area contributed by atoms with Gasteiger partial charge in [-0.1, -0.05) is 29.8 Å². The number of nitrogens with two attached hydrogens (primary N) is 1. The summed E-state index contributed by atoms with van der Waals surface area (Å²) < 4.78 is 23.3. The maximum Gasteiger partial charge on any atom is 0.261 e. The van der Waals surface area contributed by atoms with Gasteiger partial charge in [0.05, 0.1) is 16.1 Å². The number of fused-ring (bicyclic) bond motifs is 1. The van der Waals surface area contributed by atoms with Gasteiger partial charge in [-0.3, -0.25) is 19.4 Å². The Balaban J connectivity index is 1.33. The highest BCUT2D eigenvalue weighted by atomic mass is 35.5. The Hall–Kier alpha value is -2.46. The lowest BCUT2D eigenvalue weighted by atomic mass is 10.1. The molecule has 0 aromatic heterocycles. The molecular weight excluding hydrogens is 440 g/mol. The van der Waals surface area contributed by atoms with Crippen LogP contribution in [0.15, 0.2) is 47.4 Å². The fourth-order valence-corrected chi connectivity index (χ4v) is 5.13. The highest BCUT2D eigenvalue weighted by Gasteiger charge is 2.37. The van der Waals surface area contributed by atoms with Crippen molar-refractivity contribution in [3.05, 3.63) is 58.6 Å². The number of para-hydroxylation sites is 1. The number of rotatable bonds is 6. The third kappa shape index (κ3) is 4.45. The Labute approximate surface area is 186 Å². The van der Waals surface area contributed by atoms with Gasteiger partial charge in [-0.15, -0.1) is 0 Å². The number of carbonyl (C=O) groups is 2. The van der Waals surface area contributed by atoms with Crippen LogP contribution in [0.5, 0.6) is 0 Å². The van der Waals surface area contributed by atoms with Gasteiger partial charge in [0.25, 0.3) is 11.8 Å². The van der Waals surface area contributed by atoms with Gasteiger partial charge in [0, 0.05) is 38.4 Å². The van der Waals surface area contributed by atoms with Gasteiger partial charge in [-0.25, -0.2) is 13.6 Å². The summed E-state index contributed by atoms with van der Waals surface area (Å²) in [6, 6.07) is 12.6. The molecule has 10 heteroatoms. The van der Waals surface area contributed by atoms with E-state index in [9.17, 15) is 18.0 Å². The number of anilines is 1. The van der Waals surface area contributed by atoms with Crippen molar-refractivity contribution in [3.8, 4) is 0 Å². The quantitative estimate of drug-likeness (QED) is 0.656. The normalized spacial score (nSPS) is 17.4. The number of piperazine rings is 1. The van der Waals surface area contributed by atoms with Crippen molar-refractivity contribution >= 4 is 39.1 Å². The minimum Gasteiger partial charge on any atom is -0.369 e. The van der Waals surface area contributed by atoms with Crippen LogP contribution in [0.2, 0.25) is 5.02 Å². The number of imide groups is 1. The third-order valence-electron chi connectivity index (χ3n) is 5.68. The van der Waals surface area contributed by atoms with Gasteiger partial charge < -0.3 is 4.90 Å². The van der Waals surface area contributed by atoms with Gasteiger partial charge >= 0.3 is 0 Å². The Kier molecular flexibility index (Phi) is 6.02. The minimum atomic E-state index is -4.09. The summed E-state index contributed by atoms with van der Waals surface area (Å²) in [5.74, 6) is -0.979. The van der Waals surface area contributed by atoms with Crippen molar-refractivity contribution in [1.82, 2.24) is 9.80 Å². The summed E-state index contributed by atoms with van der Waals surface area (Å²) in [6.45, 7) is 4.68. The van der Waals surface area contributed by atoms with Crippen LogP contribution in [-0.2, 0) is 10.0 Å². The van der Waals surface area contributed by atoms with Crippen molar-refractivity contribution in [3.63, 3.8) is 0 Å². The first kappa shape index (κ1) is 21.8. The molecule has 2 aliphatic heterocycles. The van der Waals surface area contributed by atoms with Crippen molar-refractivity contribution in [2.24, 2.45) is 5.14 Å². The molecule has 2 aromatic carbocycles. The maximum absolute atomic E-state index is 12.7. The van der Waals surface area contributed by atoms with Crippen LogP contribution in [-0.4, -0.2) is 69.3 Å². The fourth-order valence-electron chi connectivity index (χ4n) is 4.03. The first-order valence-electron chi connectivity index (χ1n) is 10.0. The molecule has 8 nitrogen and oxygen atoms in total. The monoisotopic (exact) mass is 462 g/mol. The maximum atomic E-state index is 12.7.